The number of nitrogens with one attached hydrogen (secondary N) is 2. The van der Waals surface area contributed by atoms with Crippen LogP contribution < -0.4 is 20.9 Å². The Balaban J connectivity index is 1.79. The van der Waals surface area contributed by atoms with E-state index in [1.807, 2.05) is 0 Å². The predicted octanol–water partition coefficient (Wildman–Crippen LogP) is 2.78. The van der Waals surface area contributed by atoms with Crippen LogP contribution in [0.25, 0.3) is 0 Å². The minimum Gasteiger partial charge on any atom is -0.497 e. The van der Waals surface area contributed by atoms with Gasteiger partial charge in [-0.05, 0) is 64.7 Å². The number of hydrogen-bond acceptors (Lipinski definition) is 11. The number of aliphatic hydroxyl groups is 2. The highest BCUT2D eigenvalue weighted by Crippen LogP contribution is 2.24. The molecule has 2 aromatic rings. The van der Waals surface area contributed by atoms with Crippen molar-refractivity contribution >= 4 is 67.5 Å². The lowest BCUT2D eigenvalue weighted by atomic mass is 9.99. The Labute approximate surface area is 256 Å². The molecule has 0 fully saturated rings. The van der Waals surface area contributed by atoms with Gasteiger partial charge in [-0.1, -0.05) is 24.3 Å². The highest BCUT2D eigenvalue weighted by atomic mass is 32.2. The molecule has 0 spiro atoms. The van der Waals surface area contributed by atoms with Crippen LogP contribution in [0.3, 0.4) is 0 Å². The van der Waals surface area contributed by atoms with Crippen LogP contribution in [0.2, 0.25) is 0 Å². The van der Waals surface area contributed by atoms with Crippen molar-refractivity contribution in [2.24, 2.45) is 21.5 Å². The first-order valence-electron chi connectivity index (χ1n) is 12.5. The van der Waals surface area contributed by atoms with Crippen molar-refractivity contribution in [1.82, 2.24) is 0 Å². The first kappa shape index (κ1) is 34.8. The molecule has 8 N–H and O–H groups in total. The lowest BCUT2D eigenvalue weighted by Crippen LogP contribution is -2.20. The fourth-order valence-corrected chi connectivity index (χ4v) is 5.72. The van der Waals surface area contributed by atoms with Crippen LogP contribution in [0, 0.1) is 10.8 Å². The Hall–Kier alpha value is -3.37. The Morgan fingerprint density at radius 3 is 1.71 bits per heavy atom. The molecule has 0 aliphatic carbocycles. The number of nitrogens with zero attached hydrogens (tertiary/aromatic N) is 2. The number of carbonyl (C=O) groups is 2. The molecule has 0 aliphatic heterocycles. The highest BCUT2D eigenvalue weighted by Gasteiger charge is 2.22. The number of carbonyl (C=O) groups excluding carboxylic acids is 2. The van der Waals surface area contributed by atoms with Gasteiger partial charge < -0.3 is 31.2 Å². The van der Waals surface area contributed by atoms with Gasteiger partial charge in [0.2, 0.25) is 0 Å². The van der Waals surface area contributed by atoms with Gasteiger partial charge in [0.1, 0.15) is 11.5 Å². The number of hydrogen-bond donors (Lipinski definition) is 6. The number of nitrogens with two attached hydrogens (primary N) is 2. The van der Waals surface area contributed by atoms with E-state index in [2.05, 4.69) is 9.98 Å². The molecule has 0 saturated heterocycles. The van der Waals surface area contributed by atoms with Gasteiger partial charge in [0.05, 0.1) is 49.4 Å². The highest BCUT2D eigenvalue weighted by molar-refractivity contribution is 8.27. The van der Waals surface area contributed by atoms with E-state index in [4.69, 9.17) is 31.8 Å². The van der Waals surface area contributed by atoms with E-state index in [9.17, 15) is 19.8 Å². The molecule has 15 heteroatoms. The average molecular weight is 635 g/mol. The summed E-state index contributed by atoms with van der Waals surface area (Å²) >= 11 is 3.06. The van der Waals surface area contributed by atoms with Gasteiger partial charge in [-0.15, -0.1) is 0 Å². The summed E-state index contributed by atoms with van der Waals surface area (Å²) < 4.78 is 10.3. The van der Waals surface area contributed by atoms with Gasteiger partial charge in [0, 0.05) is 12.2 Å². The maximum absolute atomic E-state index is 12.6. The zero-order valence-corrected chi connectivity index (χ0v) is 25.6. The quantitative estimate of drug-likeness (QED) is 0.107. The molecule has 42 heavy (non-hydrogen) atoms. The molecule has 226 valence electrons. The molecule has 2 aromatic carbocycles. The van der Waals surface area contributed by atoms with Crippen LogP contribution in [0.4, 0.5) is 0 Å². The lowest BCUT2D eigenvalue weighted by molar-refractivity contribution is -0.120. The smallest absolute Gasteiger partial charge is 0.257 e. The largest absolute Gasteiger partial charge is 0.497 e. The first-order valence-corrected chi connectivity index (χ1v) is 15.2. The van der Waals surface area contributed by atoms with Crippen molar-refractivity contribution in [1.29, 1.82) is 10.8 Å². The van der Waals surface area contributed by atoms with Crippen LogP contribution in [-0.2, 0) is 9.59 Å². The summed E-state index contributed by atoms with van der Waals surface area (Å²) in [7, 11) is 3.00. The number of amides is 2. The van der Waals surface area contributed by atoms with Crippen molar-refractivity contribution < 1.29 is 29.3 Å². The summed E-state index contributed by atoms with van der Waals surface area (Å²) in [5.74, 6) is -1.24. The van der Waals surface area contributed by atoms with E-state index < -0.39 is 36.9 Å². The second-order valence-electron chi connectivity index (χ2n) is 8.45. The van der Waals surface area contributed by atoms with E-state index in [1.54, 1.807) is 48.5 Å². The Morgan fingerprint density at radius 1 is 0.833 bits per heavy atom. The number of rotatable bonds is 13. The summed E-state index contributed by atoms with van der Waals surface area (Å²) in [5, 5.41) is 35.7. The molecule has 0 saturated carbocycles. The van der Waals surface area contributed by atoms with Gasteiger partial charge in [0.15, 0.2) is 10.3 Å². The number of amidine groups is 2. The number of aliphatic hydroxyl groups excluding tert-OH is 2. The van der Waals surface area contributed by atoms with Crippen LogP contribution in [0.1, 0.15) is 29.4 Å². The van der Waals surface area contributed by atoms with Gasteiger partial charge >= 0.3 is 0 Å². The molecule has 0 heterocycles. The van der Waals surface area contributed by atoms with E-state index >= 15 is 0 Å². The third-order valence-corrected chi connectivity index (χ3v) is 8.17. The van der Waals surface area contributed by atoms with Crippen LogP contribution in [0.15, 0.2) is 58.5 Å². The molecular formula is C27H34N6O6S3. The lowest BCUT2D eigenvalue weighted by Gasteiger charge is -2.12. The number of aliphatic imine (C=N–C) groups is 2. The van der Waals surface area contributed by atoms with Crippen molar-refractivity contribution in [3.8, 4) is 11.5 Å². The zero-order chi connectivity index (χ0) is 31.1. The standard InChI is InChI=1S/C27H34N6O6S3/c1-38-18-7-3-5-16(11-18)20(13-34)24(36)32-26(30)41-22(28)9-10-40-15-23(29)42-27(31)33-25(37)21(14-35)17-6-4-8-19(12-17)39-2/h3-8,11-12,20-21,28-29,34-35H,9-10,13-15H2,1-2H3,(H2,30,32,36)(H2,31,33,37). The summed E-state index contributed by atoms with van der Waals surface area (Å²) in [6.07, 6.45) is 0.317. The number of methoxy groups -OCH3 is 2. The fraction of sp³-hybridized carbons (Fsp3) is 0.333. The Kier molecular flexibility index (Phi) is 15.1. The molecule has 2 rings (SSSR count). The van der Waals surface area contributed by atoms with Gasteiger partial charge in [-0.3, -0.25) is 20.4 Å². The van der Waals surface area contributed by atoms with Crippen LogP contribution in [0.5, 0.6) is 11.5 Å². The Bertz CT molecular complexity index is 1220. The third-order valence-electron chi connectivity index (χ3n) is 5.56. The number of thioether (sulfide) groups is 3. The van der Waals surface area contributed by atoms with E-state index in [0.717, 1.165) is 23.5 Å². The van der Waals surface area contributed by atoms with Crippen molar-refractivity contribution in [2.45, 2.75) is 18.3 Å². The average Bonchev–Trinajstić information content (AvgIpc) is 2.96. The number of ether oxygens (including phenoxy) is 2. The fourth-order valence-electron chi connectivity index (χ4n) is 3.45. The van der Waals surface area contributed by atoms with Crippen molar-refractivity contribution in [3.63, 3.8) is 0 Å². The minimum atomic E-state index is -0.908. The molecule has 2 amide bonds. The summed E-state index contributed by atoms with van der Waals surface area (Å²) in [6, 6.07) is 13.5. The maximum Gasteiger partial charge on any atom is 0.257 e. The van der Waals surface area contributed by atoms with E-state index in [-0.39, 0.29) is 26.2 Å². The SMILES string of the molecule is COc1cccc(C(CO)C(=O)N=C(N)SC(=N)CCSCC(=N)SC(N)=NC(=O)C(CO)c2cccc(OC)c2)c1. The predicted molar refractivity (Wildman–Crippen MR) is 171 cm³/mol. The van der Waals surface area contributed by atoms with Crippen molar-refractivity contribution in [3.05, 3.63) is 59.7 Å². The number of benzene rings is 2. The molecule has 0 aromatic heterocycles. The maximum atomic E-state index is 12.6. The van der Waals surface area contributed by atoms with Crippen LogP contribution >= 0.6 is 35.3 Å². The molecule has 2 atom stereocenters. The van der Waals surface area contributed by atoms with Gasteiger partial charge in [-0.25, -0.2) is 0 Å². The van der Waals surface area contributed by atoms with Crippen molar-refractivity contribution in [2.75, 3.05) is 38.9 Å². The molecular weight excluding hydrogens is 601 g/mol. The zero-order valence-electron chi connectivity index (χ0n) is 23.1. The second-order valence-corrected chi connectivity index (χ2v) is 11.8. The van der Waals surface area contributed by atoms with E-state index in [1.165, 1.54) is 26.0 Å². The summed E-state index contributed by atoms with van der Waals surface area (Å²) in [6.45, 7) is -0.919. The van der Waals surface area contributed by atoms with Crippen LogP contribution in [-0.4, -0.2) is 81.4 Å². The summed E-state index contributed by atoms with van der Waals surface area (Å²) in [4.78, 5) is 32.8. The van der Waals surface area contributed by atoms with E-state index in [0.29, 0.717) is 34.8 Å². The first-order chi connectivity index (χ1) is 20.1. The molecule has 0 bridgehead atoms. The molecule has 2 unspecified atom stereocenters. The monoisotopic (exact) mass is 634 g/mol. The molecule has 0 radical (unpaired) electrons. The van der Waals surface area contributed by atoms with Gasteiger partial charge in [-0.2, -0.15) is 21.7 Å². The normalized spacial score (nSPS) is 13.2. The minimum absolute atomic E-state index is 0.108. The molecule has 12 nitrogen and oxygen atoms in total. The molecule has 0 aliphatic rings. The van der Waals surface area contributed by atoms with Gasteiger partial charge in [0.25, 0.3) is 11.8 Å². The summed E-state index contributed by atoms with van der Waals surface area (Å²) in [5.41, 5.74) is 12.8. The second kappa shape index (κ2) is 18.2. The topological polar surface area (TPSA) is 218 Å². The Morgan fingerprint density at radius 2 is 1.29 bits per heavy atom. The third kappa shape index (κ3) is 11.5.